The molecule has 170 valence electrons. The van der Waals surface area contributed by atoms with Gasteiger partial charge in [0.1, 0.15) is 12.1 Å². The molecule has 31 heavy (non-hydrogen) atoms. The van der Waals surface area contributed by atoms with E-state index < -0.39 is 12.2 Å². The Kier molecular flexibility index (Phi) is 6.38. The molecule has 1 saturated heterocycles. The Morgan fingerprint density at radius 1 is 1.26 bits per heavy atom. The molecule has 1 aromatic heterocycles. The van der Waals surface area contributed by atoms with E-state index in [0.717, 1.165) is 40.9 Å². The van der Waals surface area contributed by atoms with E-state index >= 15 is 0 Å². The van der Waals surface area contributed by atoms with Gasteiger partial charge in [-0.1, -0.05) is 6.07 Å². The number of fused-ring (bicyclic) bond motifs is 1. The number of anilines is 1. The van der Waals surface area contributed by atoms with Crippen molar-refractivity contribution in [3.8, 4) is 5.75 Å². The maximum atomic E-state index is 13.6. The number of halogens is 3. The number of hydrogen-bond acceptors (Lipinski definition) is 6. The third-order valence-corrected chi connectivity index (χ3v) is 6.20. The minimum Gasteiger partial charge on any atom is -0.496 e. The molecule has 1 N–H and O–H groups in total. The monoisotopic (exact) mass is 439 g/mol. The first-order chi connectivity index (χ1) is 14.9. The number of rotatable bonds is 6. The molecule has 0 bridgehead atoms. The van der Waals surface area contributed by atoms with E-state index in [1.165, 1.54) is 6.33 Å². The number of benzene rings is 1. The van der Waals surface area contributed by atoms with E-state index in [0.29, 0.717) is 19.7 Å². The van der Waals surface area contributed by atoms with E-state index in [-0.39, 0.29) is 24.3 Å². The Hall–Kier alpha value is -2.33. The third-order valence-electron chi connectivity index (χ3n) is 6.20. The third kappa shape index (κ3) is 4.79. The molecule has 0 spiro atoms. The van der Waals surface area contributed by atoms with Gasteiger partial charge >= 0.3 is 6.18 Å². The number of alkyl halides is 3. The molecule has 0 saturated carbocycles. The summed E-state index contributed by atoms with van der Waals surface area (Å²) in [5.74, 6) is 1.10. The summed E-state index contributed by atoms with van der Waals surface area (Å²) in [5.41, 5.74) is 2.12. The largest absolute Gasteiger partial charge is 0.496 e. The van der Waals surface area contributed by atoms with Crippen molar-refractivity contribution in [2.45, 2.75) is 50.7 Å². The van der Waals surface area contributed by atoms with Crippen molar-refractivity contribution in [1.82, 2.24) is 19.7 Å². The molecule has 2 aromatic rings. The molecule has 3 atom stereocenters. The highest BCUT2D eigenvalue weighted by Gasteiger charge is 2.48. The highest BCUT2D eigenvalue weighted by atomic mass is 19.4. The SMILES string of the molecule is COCc1ccc(OC)c(CN2CCC[C@H]([C@@H]3C[C@H](C(F)(F)F)n4ncnc4N3)C2)c1. The molecule has 10 heteroatoms. The fraction of sp³-hybridized carbons (Fsp3) is 0.619. The van der Waals surface area contributed by atoms with Crippen LogP contribution in [0.15, 0.2) is 24.5 Å². The van der Waals surface area contributed by atoms with Crippen LogP contribution in [0.4, 0.5) is 19.1 Å². The van der Waals surface area contributed by atoms with Crippen molar-refractivity contribution >= 4 is 5.95 Å². The Labute approximate surface area is 179 Å². The number of nitrogens with zero attached hydrogens (tertiary/aromatic N) is 4. The number of hydrogen-bond donors (Lipinski definition) is 1. The zero-order valence-corrected chi connectivity index (χ0v) is 17.7. The number of methoxy groups -OCH3 is 2. The van der Waals surface area contributed by atoms with E-state index in [2.05, 4.69) is 26.4 Å². The number of piperidine rings is 1. The first-order valence-electron chi connectivity index (χ1n) is 10.5. The van der Waals surface area contributed by atoms with Gasteiger partial charge in [0.2, 0.25) is 5.95 Å². The van der Waals surface area contributed by atoms with Gasteiger partial charge in [-0.3, -0.25) is 4.90 Å². The lowest BCUT2D eigenvalue weighted by molar-refractivity contribution is -0.174. The highest BCUT2D eigenvalue weighted by Crippen LogP contribution is 2.41. The van der Waals surface area contributed by atoms with Gasteiger partial charge in [0.15, 0.2) is 6.04 Å². The number of likely N-dealkylation sites (tertiary alicyclic amines) is 1. The van der Waals surface area contributed by atoms with Crippen molar-refractivity contribution in [1.29, 1.82) is 0 Å². The van der Waals surface area contributed by atoms with Crippen LogP contribution in [0.25, 0.3) is 0 Å². The first-order valence-corrected chi connectivity index (χ1v) is 10.5. The van der Waals surface area contributed by atoms with Crippen LogP contribution in [-0.4, -0.2) is 59.2 Å². The van der Waals surface area contributed by atoms with Gasteiger partial charge in [-0.15, -0.1) is 0 Å². The van der Waals surface area contributed by atoms with E-state index in [1.807, 2.05) is 12.1 Å². The number of ether oxygens (including phenoxy) is 2. The van der Waals surface area contributed by atoms with Gasteiger partial charge in [-0.25, -0.2) is 4.68 Å². The molecular formula is C21H28F3N5O2. The maximum absolute atomic E-state index is 13.6. The Balaban J connectivity index is 1.48. The average molecular weight is 439 g/mol. The molecule has 2 aliphatic rings. The molecule has 0 aliphatic carbocycles. The van der Waals surface area contributed by atoms with Gasteiger partial charge in [0.05, 0.1) is 13.7 Å². The van der Waals surface area contributed by atoms with Crippen LogP contribution < -0.4 is 10.1 Å². The van der Waals surface area contributed by atoms with Crippen LogP contribution in [0.1, 0.15) is 36.4 Å². The summed E-state index contributed by atoms with van der Waals surface area (Å²) in [5, 5.41) is 6.99. The summed E-state index contributed by atoms with van der Waals surface area (Å²) < 4.78 is 52.6. The summed E-state index contributed by atoms with van der Waals surface area (Å²) in [6.45, 7) is 2.82. The second-order valence-electron chi connectivity index (χ2n) is 8.29. The lowest BCUT2D eigenvalue weighted by Crippen LogP contribution is -2.47. The van der Waals surface area contributed by atoms with Crippen molar-refractivity contribution in [3.63, 3.8) is 0 Å². The summed E-state index contributed by atoms with van der Waals surface area (Å²) in [6, 6.07) is 4.05. The van der Waals surface area contributed by atoms with Crippen molar-refractivity contribution in [2.24, 2.45) is 5.92 Å². The van der Waals surface area contributed by atoms with E-state index in [1.54, 1.807) is 14.2 Å². The first kappa shape index (κ1) is 21.9. The van der Waals surface area contributed by atoms with Crippen molar-refractivity contribution < 1.29 is 22.6 Å². The zero-order valence-electron chi connectivity index (χ0n) is 17.7. The highest BCUT2D eigenvalue weighted by molar-refractivity contribution is 5.37. The molecule has 4 rings (SSSR count). The van der Waals surface area contributed by atoms with Crippen LogP contribution in [0.3, 0.4) is 0 Å². The minimum absolute atomic E-state index is 0.0367. The van der Waals surface area contributed by atoms with Crippen LogP contribution >= 0.6 is 0 Å². The Morgan fingerprint density at radius 2 is 2.10 bits per heavy atom. The zero-order chi connectivity index (χ0) is 22.0. The summed E-state index contributed by atoms with van der Waals surface area (Å²) >= 11 is 0. The topological polar surface area (TPSA) is 64.4 Å². The van der Waals surface area contributed by atoms with E-state index in [9.17, 15) is 13.2 Å². The lowest BCUT2D eigenvalue weighted by atomic mass is 9.85. The maximum Gasteiger partial charge on any atom is 0.411 e. The molecule has 1 aromatic carbocycles. The summed E-state index contributed by atoms with van der Waals surface area (Å²) in [6.07, 6.45) is -1.40. The quantitative estimate of drug-likeness (QED) is 0.742. The van der Waals surface area contributed by atoms with Crippen LogP contribution in [-0.2, 0) is 17.9 Å². The molecule has 0 radical (unpaired) electrons. The fourth-order valence-corrected chi connectivity index (χ4v) is 4.75. The predicted molar refractivity (Wildman–Crippen MR) is 109 cm³/mol. The molecule has 7 nitrogen and oxygen atoms in total. The van der Waals surface area contributed by atoms with Gasteiger partial charge < -0.3 is 14.8 Å². The van der Waals surface area contributed by atoms with E-state index in [4.69, 9.17) is 9.47 Å². The van der Waals surface area contributed by atoms with Crippen molar-refractivity contribution in [2.75, 3.05) is 32.6 Å². The van der Waals surface area contributed by atoms with Gasteiger partial charge in [0.25, 0.3) is 0 Å². The number of nitrogens with one attached hydrogen (secondary N) is 1. The predicted octanol–water partition coefficient (Wildman–Crippen LogP) is 3.63. The second-order valence-corrected chi connectivity index (χ2v) is 8.29. The fourth-order valence-electron chi connectivity index (χ4n) is 4.75. The summed E-state index contributed by atoms with van der Waals surface area (Å²) in [7, 11) is 3.30. The van der Waals surface area contributed by atoms with Crippen molar-refractivity contribution in [3.05, 3.63) is 35.7 Å². The van der Waals surface area contributed by atoms with Gasteiger partial charge in [-0.2, -0.15) is 23.3 Å². The van der Waals surface area contributed by atoms with Gasteiger partial charge in [-0.05, 0) is 49.4 Å². The van der Waals surface area contributed by atoms with Gasteiger partial charge in [0, 0.05) is 31.8 Å². The average Bonchev–Trinajstić information content (AvgIpc) is 3.21. The minimum atomic E-state index is -4.35. The Morgan fingerprint density at radius 3 is 2.84 bits per heavy atom. The molecule has 2 aliphatic heterocycles. The standard InChI is InChI=1S/C21H28F3N5O2/c1-30-12-14-5-6-18(31-2)16(8-14)11-28-7-3-4-15(10-28)17-9-19(21(22,23)24)29-20(27-17)25-13-26-29/h5-6,8,13,15,17,19H,3-4,7,9-12H2,1-2H3,(H,25,26,27)/t15-,17-,19+/m0/s1. The van der Waals surface area contributed by atoms with Crippen LogP contribution in [0.5, 0.6) is 5.75 Å². The lowest BCUT2D eigenvalue weighted by Gasteiger charge is -2.41. The molecule has 1 fully saturated rings. The molecular weight excluding hydrogens is 411 g/mol. The molecule has 0 amide bonds. The number of aromatic nitrogens is 3. The van der Waals surface area contributed by atoms with Crippen LogP contribution in [0.2, 0.25) is 0 Å². The van der Waals surface area contributed by atoms with Crippen LogP contribution in [0, 0.1) is 5.92 Å². The normalized spacial score (nSPS) is 24.5. The smallest absolute Gasteiger partial charge is 0.411 e. The molecule has 0 unspecified atom stereocenters. The molecule has 3 heterocycles. The Bertz CT molecular complexity index is 888. The summed E-state index contributed by atoms with van der Waals surface area (Å²) in [4.78, 5) is 6.30. The second kappa shape index (κ2) is 9.04.